The van der Waals surface area contributed by atoms with E-state index in [0.29, 0.717) is 0 Å². The minimum atomic E-state index is -2.16. The standard InChI is InChI=1S/C8H8O4S/c1-12-8(9)6-4-2-3-5-7(6)13(10)11/h2-5H,1H3,(H,10,11). The van der Waals surface area contributed by atoms with E-state index in [9.17, 15) is 9.00 Å². The van der Waals surface area contributed by atoms with Crippen LogP contribution in [0.25, 0.3) is 0 Å². The smallest absolute Gasteiger partial charge is 0.339 e. The maximum Gasteiger partial charge on any atom is 0.339 e. The van der Waals surface area contributed by atoms with E-state index in [-0.39, 0.29) is 10.5 Å². The van der Waals surface area contributed by atoms with E-state index in [1.165, 1.54) is 19.2 Å². The SMILES string of the molecule is COC(=O)c1ccccc1S(=O)O. The van der Waals surface area contributed by atoms with Crippen molar-refractivity contribution < 1.29 is 18.3 Å². The Kier molecular flexibility index (Phi) is 3.16. The molecule has 0 aromatic heterocycles. The molecular weight excluding hydrogens is 192 g/mol. The zero-order chi connectivity index (χ0) is 9.84. The minimum absolute atomic E-state index is 0.0642. The van der Waals surface area contributed by atoms with Crippen LogP contribution < -0.4 is 0 Å². The van der Waals surface area contributed by atoms with Gasteiger partial charge >= 0.3 is 5.97 Å². The number of rotatable bonds is 2. The molecule has 0 saturated carbocycles. The topological polar surface area (TPSA) is 63.6 Å². The van der Waals surface area contributed by atoms with E-state index in [1.54, 1.807) is 12.1 Å². The summed E-state index contributed by atoms with van der Waals surface area (Å²) in [7, 11) is 1.22. The van der Waals surface area contributed by atoms with Crippen molar-refractivity contribution in [1.82, 2.24) is 0 Å². The van der Waals surface area contributed by atoms with E-state index < -0.39 is 17.0 Å². The summed E-state index contributed by atoms with van der Waals surface area (Å²) >= 11 is -2.16. The van der Waals surface area contributed by atoms with Crippen LogP contribution >= 0.6 is 0 Å². The molecule has 0 heterocycles. The molecule has 0 bridgehead atoms. The summed E-state index contributed by atoms with van der Waals surface area (Å²) in [6, 6.07) is 6.02. The Morgan fingerprint density at radius 2 is 2.08 bits per heavy atom. The third kappa shape index (κ3) is 2.13. The lowest BCUT2D eigenvalue weighted by Gasteiger charge is -2.02. The van der Waals surface area contributed by atoms with E-state index in [2.05, 4.69) is 4.74 Å². The normalized spacial score (nSPS) is 12.2. The number of carbonyl (C=O) groups excluding carboxylic acids is 1. The summed E-state index contributed by atoms with van der Waals surface area (Å²) in [5, 5.41) is 0. The zero-order valence-electron chi connectivity index (χ0n) is 6.89. The third-order valence-corrected chi connectivity index (χ3v) is 2.21. The summed E-state index contributed by atoms with van der Waals surface area (Å²) in [6.07, 6.45) is 0. The van der Waals surface area contributed by atoms with Gasteiger partial charge in [0, 0.05) is 0 Å². The van der Waals surface area contributed by atoms with Crippen molar-refractivity contribution in [2.45, 2.75) is 4.90 Å². The third-order valence-electron chi connectivity index (χ3n) is 1.48. The van der Waals surface area contributed by atoms with Gasteiger partial charge in [-0.25, -0.2) is 9.00 Å². The van der Waals surface area contributed by atoms with Crippen molar-refractivity contribution in [1.29, 1.82) is 0 Å². The zero-order valence-corrected chi connectivity index (χ0v) is 7.71. The monoisotopic (exact) mass is 200 g/mol. The number of benzene rings is 1. The summed E-state index contributed by atoms with van der Waals surface area (Å²) in [5.41, 5.74) is 0.117. The Bertz CT molecular complexity index is 348. The predicted octanol–water partition coefficient (Wildman–Crippen LogP) is 1.05. The minimum Gasteiger partial charge on any atom is -0.465 e. The summed E-state index contributed by atoms with van der Waals surface area (Å²) in [5.74, 6) is -0.613. The Labute approximate surface area is 77.8 Å². The first-order valence-electron chi connectivity index (χ1n) is 3.45. The Balaban J connectivity index is 3.19. The van der Waals surface area contributed by atoms with Crippen molar-refractivity contribution in [3.63, 3.8) is 0 Å². The quantitative estimate of drug-likeness (QED) is 0.572. The van der Waals surface area contributed by atoms with Gasteiger partial charge in [-0.2, -0.15) is 0 Å². The molecule has 0 aliphatic rings. The highest BCUT2D eigenvalue weighted by molar-refractivity contribution is 7.79. The van der Waals surface area contributed by atoms with Crippen LogP contribution in [0.2, 0.25) is 0 Å². The van der Waals surface area contributed by atoms with Crippen molar-refractivity contribution in [2.75, 3.05) is 7.11 Å². The molecule has 70 valence electrons. The van der Waals surface area contributed by atoms with Gasteiger partial charge in [0.25, 0.3) is 0 Å². The highest BCUT2D eigenvalue weighted by Gasteiger charge is 2.13. The first-order chi connectivity index (χ1) is 6.16. The molecule has 1 aromatic rings. The van der Waals surface area contributed by atoms with Gasteiger partial charge in [-0.3, -0.25) is 0 Å². The highest BCUT2D eigenvalue weighted by Crippen LogP contribution is 2.12. The first-order valence-corrected chi connectivity index (χ1v) is 4.55. The summed E-state index contributed by atoms with van der Waals surface area (Å²) < 4.78 is 24.0. The maximum atomic E-state index is 11.1. The molecule has 0 saturated heterocycles. The molecule has 1 aromatic carbocycles. The molecule has 1 N–H and O–H groups in total. The van der Waals surface area contributed by atoms with Crippen LogP contribution in [0.5, 0.6) is 0 Å². The van der Waals surface area contributed by atoms with Crippen LogP contribution in [-0.2, 0) is 15.8 Å². The second kappa shape index (κ2) is 4.15. The predicted molar refractivity (Wildman–Crippen MR) is 46.8 cm³/mol. The molecule has 4 nitrogen and oxygen atoms in total. The van der Waals surface area contributed by atoms with Crippen LogP contribution in [0, 0.1) is 0 Å². The van der Waals surface area contributed by atoms with Gasteiger partial charge in [0.1, 0.15) is 0 Å². The van der Waals surface area contributed by atoms with Gasteiger partial charge in [-0.15, -0.1) is 0 Å². The van der Waals surface area contributed by atoms with Crippen molar-refractivity contribution in [2.24, 2.45) is 0 Å². The molecule has 0 radical (unpaired) electrons. The fourth-order valence-electron chi connectivity index (χ4n) is 0.898. The van der Waals surface area contributed by atoms with E-state index in [4.69, 9.17) is 4.55 Å². The van der Waals surface area contributed by atoms with Crippen LogP contribution in [-0.4, -0.2) is 21.8 Å². The maximum absolute atomic E-state index is 11.1. The van der Waals surface area contributed by atoms with Crippen molar-refractivity contribution in [3.05, 3.63) is 29.8 Å². The Morgan fingerprint density at radius 3 is 2.62 bits per heavy atom. The van der Waals surface area contributed by atoms with Crippen molar-refractivity contribution in [3.8, 4) is 0 Å². The average molecular weight is 200 g/mol. The van der Waals surface area contributed by atoms with E-state index >= 15 is 0 Å². The van der Waals surface area contributed by atoms with Gasteiger partial charge in [0.05, 0.1) is 17.6 Å². The molecule has 1 unspecified atom stereocenters. The Hall–Kier alpha value is -1.20. The lowest BCUT2D eigenvalue weighted by Crippen LogP contribution is -2.06. The van der Waals surface area contributed by atoms with E-state index in [1.807, 2.05) is 0 Å². The fourth-order valence-corrected chi connectivity index (χ4v) is 1.43. The molecule has 0 aliphatic heterocycles. The van der Waals surface area contributed by atoms with Crippen LogP contribution in [0.15, 0.2) is 29.2 Å². The molecule has 0 amide bonds. The second-order valence-electron chi connectivity index (χ2n) is 2.24. The molecule has 0 fully saturated rings. The Morgan fingerprint density at radius 1 is 1.46 bits per heavy atom. The number of esters is 1. The summed E-state index contributed by atoms with van der Waals surface area (Å²) in [6.45, 7) is 0. The highest BCUT2D eigenvalue weighted by atomic mass is 32.2. The summed E-state index contributed by atoms with van der Waals surface area (Å²) in [4.78, 5) is 11.1. The van der Waals surface area contributed by atoms with Crippen LogP contribution in [0.1, 0.15) is 10.4 Å². The molecule has 0 spiro atoms. The lowest BCUT2D eigenvalue weighted by molar-refractivity contribution is 0.0596. The van der Waals surface area contributed by atoms with Gasteiger partial charge in [-0.1, -0.05) is 12.1 Å². The molecule has 5 heteroatoms. The van der Waals surface area contributed by atoms with Gasteiger partial charge in [0.2, 0.25) is 0 Å². The number of methoxy groups -OCH3 is 1. The van der Waals surface area contributed by atoms with Gasteiger partial charge in [0.15, 0.2) is 11.1 Å². The molecule has 1 rings (SSSR count). The molecular formula is C8H8O4S. The van der Waals surface area contributed by atoms with Gasteiger partial charge in [-0.05, 0) is 12.1 Å². The largest absolute Gasteiger partial charge is 0.465 e. The van der Waals surface area contributed by atoms with Crippen molar-refractivity contribution >= 4 is 17.0 Å². The first kappa shape index (κ1) is 9.88. The fraction of sp³-hybridized carbons (Fsp3) is 0.125. The number of hydrogen-bond acceptors (Lipinski definition) is 3. The lowest BCUT2D eigenvalue weighted by atomic mass is 10.2. The molecule has 1 atom stereocenters. The van der Waals surface area contributed by atoms with Crippen LogP contribution in [0.3, 0.4) is 0 Å². The second-order valence-corrected chi connectivity index (χ2v) is 3.18. The molecule has 0 aliphatic carbocycles. The van der Waals surface area contributed by atoms with Crippen LogP contribution in [0.4, 0.5) is 0 Å². The number of hydrogen-bond donors (Lipinski definition) is 1. The number of carbonyl (C=O) groups is 1. The molecule has 13 heavy (non-hydrogen) atoms. The number of ether oxygens (including phenoxy) is 1. The van der Waals surface area contributed by atoms with Gasteiger partial charge < -0.3 is 9.29 Å². The average Bonchev–Trinajstić information content (AvgIpc) is 2.16. The van der Waals surface area contributed by atoms with E-state index in [0.717, 1.165) is 0 Å².